The lowest BCUT2D eigenvalue weighted by molar-refractivity contribution is 0.00844. The SMILES string of the molecule is COC(C)(C)CC(C)NCc1cccc(F)c1. The second-order valence-electron chi connectivity index (χ2n) is 5.08. The molecule has 96 valence electrons. The van der Waals surface area contributed by atoms with Gasteiger partial charge >= 0.3 is 0 Å². The fraction of sp³-hybridized carbons (Fsp3) is 0.571. The van der Waals surface area contributed by atoms with E-state index in [4.69, 9.17) is 4.74 Å². The highest BCUT2D eigenvalue weighted by molar-refractivity contribution is 5.16. The highest BCUT2D eigenvalue weighted by Gasteiger charge is 2.19. The van der Waals surface area contributed by atoms with Crippen LogP contribution < -0.4 is 5.32 Å². The number of hydrogen-bond donors (Lipinski definition) is 1. The number of hydrogen-bond acceptors (Lipinski definition) is 2. The van der Waals surface area contributed by atoms with Gasteiger partial charge in [-0.25, -0.2) is 4.39 Å². The summed E-state index contributed by atoms with van der Waals surface area (Å²) < 4.78 is 18.3. The average Bonchev–Trinajstić information content (AvgIpc) is 2.26. The van der Waals surface area contributed by atoms with Crippen LogP contribution in [0.2, 0.25) is 0 Å². The van der Waals surface area contributed by atoms with Crippen molar-refractivity contribution < 1.29 is 9.13 Å². The zero-order valence-corrected chi connectivity index (χ0v) is 11.1. The summed E-state index contributed by atoms with van der Waals surface area (Å²) in [5, 5.41) is 3.37. The molecule has 17 heavy (non-hydrogen) atoms. The first-order valence-electron chi connectivity index (χ1n) is 5.96. The van der Waals surface area contributed by atoms with Gasteiger partial charge in [0.05, 0.1) is 5.60 Å². The van der Waals surface area contributed by atoms with E-state index in [0.29, 0.717) is 12.6 Å². The maximum Gasteiger partial charge on any atom is 0.123 e. The van der Waals surface area contributed by atoms with Crippen molar-refractivity contribution in [3.63, 3.8) is 0 Å². The van der Waals surface area contributed by atoms with E-state index in [1.165, 1.54) is 6.07 Å². The Kier molecular flexibility index (Phi) is 5.09. The lowest BCUT2D eigenvalue weighted by atomic mass is 10.00. The number of benzene rings is 1. The summed E-state index contributed by atoms with van der Waals surface area (Å²) >= 11 is 0. The molecule has 1 atom stereocenters. The number of nitrogens with one attached hydrogen (secondary N) is 1. The molecule has 1 unspecified atom stereocenters. The highest BCUT2D eigenvalue weighted by Crippen LogP contribution is 2.15. The summed E-state index contributed by atoms with van der Waals surface area (Å²) in [7, 11) is 1.72. The molecule has 0 heterocycles. The van der Waals surface area contributed by atoms with Gasteiger partial charge < -0.3 is 10.1 Å². The molecule has 0 aromatic heterocycles. The van der Waals surface area contributed by atoms with Gasteiger partial charge in [-0.3, -0.25) is 0 Å². The minimum absolute atomic E-state index is 0.131. The largest absolute Gasteiger partial charge is 0.379 e. The zero-order chi connectivity index (χ0) is 12.9. The summed E-state index contributed by atoms with van der Waals surface area (Å²) in [6.45, 7) is 6.92. The van der Waals surface area contributed by atoms with Crippen LogP contribution in [-0.4, -0.2) is 18.8 Å². The Morgan fingerprint density at radius 3 is 2.71 bits per heavy atom. The second-order valence-corrected chi connectivity index (χ2v) is 5.08. The number of halogens is 1. The molecule has 0 fully saturated rings. The second kappa shape index (κ2) is 6.12. The molecule has 3 heteroatoms. The molecular formula is C14H22FNO. The topological polar surface area (TPSA) is 21.3 Å². The van der Waals surface area contributed by atoms with Crippen molar-refractivity contribution >= 4 is 0 Å². The van der Waals surface area contributed by atoms with E-state index < -0.39 is 0 Å². The Morgan fingerprint density at radius 2 is 2.12 bits per heavy atom. The minimum Gasteiger partial charge on any atom is -0.379 e. The van der Waals surface area contributed by atoms with Gasteiger partial charge in [-0.05, 0) is 44.9 Å². The standard InChI is InChI=1S/C14H22FNO/c1-11(9-14(2,3)17-4)16-10-12-6-5-7-13(15)8-12/h5-8,11,16H,9-10H2,1-4H3. The molecule has 0 amide bonds. The smallest absolute Gasteiger partial charge is 0.123 e. The van der Waals surface area contributed by atoms with Crippen LogP contribution >= 0.6 is 0 Å². The first-order valence-corrected chi connectivity index (χ1v) is 5.96. The third-order valence-electron chi connectivity index (χ3n) is 2.89. The maximum atomic E-state index is 13.0. The van der Waals surface area contributed by atoms with Crippen molar-refractivity contribution in [1.82, 2.24) is 5.32 Å². The Morgan fingerprint density at radius 1 is 1.41 bits per heavy atom. The number of methoxy groups -OCH3 is 1. The van der Waals surface area contributed by atoms with Gasteiger partial charge in [0.1, 0.15) is 5.82 Å². The van der Waals surface area contributed by atoms with E-state index in [-0.39, 0.29) is 11.4 Å². The molecule has 0 saturated heterocycles. The summed E-state index contributed by atoms with van der Waals surface area (Å²) in [6, 6.07) is 7.00. The summed E-state index contributed by atoms with van der Waals surface area (Å²) in [4.78, 5) is 0. The van der Waals surface area contributed by atoms with Crippen LogP contribution in [0.15, 0.2) is 24.3 Å². The van der Waals surface area contributed by atoms with Crippen LogP contribution in [0.3, 0.4) is 0 Å². The van der Waals surface area contributed by atoms with Gasteiger partial charge in [-0.2, -0.15) is 0 Å². The quantitative estimate of drug-likeness (QED) is 0.823. The minimum atomic E-state index is -0.186. The summed E-state index contributed by atoms with van der Waals surface area (Å²) in [5.74, 6) is -0.186. The van der Waals surface area contributed by atoms with Crippen LogP contribution in [0, 0.1) is 5.82 Å². The molecule has 1 N–H and O–H groups in total. The predicted molar refractivity (Wildman–Crippen MR) is 68.4 cm³/mol. The molecule has 0 saturated carbocycles. The average molecular weight is 239 g/mol. The van der Waals surface area contributed by atoms with E-state index in [0.717, 1.165) is 12.0 Å². The maximum absolute atomic E-state index is 13.0. The third kappa shape index (κ3) is 5.29. The van der Waals surface area contributed by atoms with Crippen LogP contribution in [0.25, 0.3) is 0 Å². The molecule has 1 aromatic rings. The van der Waals surface area contributed by atoms with E-state index in [1.54, 1.807) is 19.2 Å². The van der Waals surface area contributed by atoms with E-state index in [2.05, 4.69) is 26.1 Å². The van der Waals surface area contributed by atoms with Crippen molar-refractivity contribution in [2.24, 2.45) is 0 Å². The first-order chi connectivity index (χ1) is 7.93. The Bertz CT molecular complexity index is 352. The summed E-state index contributed by atoms with van der Waals surface area (Å²) in [5.41, 5.74) is 0.834. The molecule has 0 radical (unpaired) electrons. The van der Waals surface area contributed by atoms with Gasteiger partial charge in [0.2, 0.25) is 0 Å². The van der Waals surface area contributed by atoms with Crippen molar-refractivity contribution in [3.8, 4) is 0 Å². The van der Waals surface area contributed by atoms with Gasteiger partial charge in [0, 0.05) is 19.7 Å². The molecule has 0 spiro atoms. The van der Waals surface area contributed by atoms with Crippen molar-refractivity contribution in [2.45, 2.75) is 45.4 Å². The van der Waals surface area contributed by atoms with Crippen molar-refractivity contribution in [3.05, 3.63) is 35.6 Å². The van der Waals surface area contributed by atoms with Gasteiger partial charge in [-0.1, -0.05) is 12.1 Å². The monoisotopic (exact) mass is 239 g/mol. The molecule has 0 aliphatic heterocycles. The molecular weight excluding hydrogens is 217 g/mol. The first kappa shape index (κ1) is 14.1. The lowest BCUT2D eigenvalue weighted by Gasteiger charge is -2.27. The molecule has 0 aliphatic rings. The third-order valence-corrected chi connectivity index (χ3v) is 2.89. The lowest BCUT2D eigenvalue weighted by Crippen LogP contribution is -2.35. The van der Waals surface area contributed by atoms with Gasteiger partial charge in [-0.15, -0.1) is 0 Å². The fourth-order valence-electron chi connectivity index (χ4n) is 1.83. The Labute approximate surface area is 103 Å². The van der Waals surface area contributed by atoms with Crippen molar-refractivity contribution in [1.29, 1.82) is 0 Å². The summed E-state index contributed by atoms with van der Waals surface area (Å²) in [6.07, 6.45) is 0.915. The molecule has 0 aliphatic carbocycles. The van der Waals surface area contributed by atoms with Crippen LogP contribution in [-0.2, 0) is 11.3 Å². The fourth-order valence-corrected chi connectivity index (χ4v) is 1.83. The van der Waals surface area contributed by atoms with E-state index in [1.807, 2.05) is 6.07 Å². The van der Waals surface area contributed by atoms with Gasteiger partial charge in [0.25, 0.3) is 0 Å². The van der Waals surface area contributed by atoms with E-state index in [9.17, 15) is 4.39 Å². The number of rotatable bonds is 6. The number of ether oxygens (including phenoxy) is 1. The van der Waals surface area contributed by atoms with Crippen LogP contribution in [0.1, 0.15) is 32.8 Å². The predicted octanol–water partition coefficient (Wildman–Crippen LogP) is 3.12. The highest BCUT2D eigenvalue weighted by atomic mass is 19.1. The zero-order valence-electron chi connectivity index (χ0n) is 11.1. The normalized spacial score (nSPS) is 13.7. The molecule has 0 bridgehead atoms. The van der Waals surface area contributed by atoms with Crippen LogP contribution in [0.5, 0.6) is 0 Å². The van der Waals surface area contributed by atoms with Crippen molar-refractivity contribution in [2.75, 3.05) is 7.11 Å². The molecule has 2 nitrogen and oxygen atoms in total. The molecule has 1 rings (SSSR count). The molecule has 1 aromatic carbocycles. The van der Waals surface area contributed by atoms with E-state index >= 15 is 0 Å². The Hall–Kier alpha value is -0.930. The van der Waals surface area contributed by atoms with Crippen LogP contribution in [0.4, 0.5) is 4.39 Å². The van der Waals surface area contributed by atoms with Gasteiger partial charge in [0.15, 0.2) is 0 Å². The Balaban J connectivity index is 2.40.